The van der Waals surface area contributed by atoms with E-state index in [1.165, 1.54) is 25.3 Å². The molecule has 0 unspecified atom stereocenters. The summed E-state index contributed by atoms with van der Waals surface area (Å²) >= 11 is 0. The van der Waals surface area contributed by atoms with E-state index in [1.807, 2.05) is 0 Å². The van der Waals surface area contributed by atoms with Crippen LogP contribution in [0, 0.1) is 0 Å². The van der Waals surface area contributed by atoms with Crippen LogP contribution in [0.3, 0.4) is 0 Å². The Labute approximate surface area is 146 Å². The van der Waals surface area contributed by atoms with Crippen LogP contribution >= 0.6 is 0 Å². The van der Waals surface area contributed by atoms with Crippen molar-refractivity contribution < 1.29 is 23.9 Å². The second-order valence-electron chi connectivity index (χ2n) is 4.91. The number of methoxy groups -OCH3 is 2. The third-order valence-electron chi connectivity index (χ3n) is 3.20. The number of hydrogen-bond donors (Lipinski definition) is 1. The van der Waals surface area contributed by atoms with Gasteiger partial charge in [-0.25, -0.2) is 0 Å². The van der Waals surface area contributed by atoms with Gasteiger partial charge in [0.15, 0.2) is 0 Å². The Hall–Kier alpha value is -2.58. The van der Waals surface area contributed by atoms with E-state index in [0.717, 1.165) is 6.08 Å². The average molecular weight is 348 g/mol. The zero-order valence-electron chi connectivity index (χ0n) is 14.4. The third kappa shape index (κ3) is 7.23. The van der Waals surface area contributed by atoms with Crippen LogP contribution in [0.25, 0.3) is 5.57 Å². The number of carbonyl (C=O) groups excluding carboxylic acids is 3. The molecule has 0 bridgehead atoms. The van der Waals surface area contributed by atoms with Crippen molar-refractivity contribution in [1.29, 1.82) is 0 Å². The van der Waals surface area contributed by atoms with Gasteiger partial charge in [-0.3, -0.25) is 19.4 Å². The van der Waals surface area contributed by atoms with Gasteiger partial charge in [-0.2, -0.15) is 0 Å². The minimum absolute atomic E-state index is 0.121. The summed E-state index contributed by atoms with van der Waals surface area (Å²) in [6.45, 7) is 1.11. The summed E-state index contributed by atoms with van der Waals surface area (Å²) in [5.41, 5.74) is 0.480. The first-order valence-corrected chi connectivity index (χ1v) is 7.67. The van der Waals surface area contributed by atoms with Crippen molar-refractivity contribution >= 4 is 23.7 Å². The first kappa shape index (κ1) is 20.5. The normalized spacial score (nSPS) is 11.0. The van der Waals surface area contributed by atoms with Crippen LogP contribution in [0.2, 0.25) is 0 Å². The van der Waals surface area contributed by atoms with Crippen LogP contribution in [-0.2, 0) is 23.9 Å². The molecule has 0 aromatic carbocycles. The standard InChI is InChI=1S/C17H22N3O5/c1-24-11-8-20(9-12-25-2)17(23)14(13-16(22)19-7-10-21)15-5-3-4-6-18-15/h3-6,13H,7-9,11-12H2,1-2H3,(H,19,22). The zero-order chi connectivity index (χ0) is 18.5. The number of ether oxygens (including phenoxy) is 2. The van der Waals surface area contributed by atoms with E-state index in [9.17, 15) is 14.4 Å². The van der Waals surface area contributed by atoms with Crippen molar-refractivity contribution in [1.82, 2.24) is 15.2 Å². The molecule has 0 aliphatic heterocycles. The Balaban J connectivity index is 3.10. The van der Waals surface area contributed by atoms with Crippen LogP contribution < -0.4 is 5.32 Å². The Kier molecular flexibility index (Phi) is 9.72. The molecule has 8 nitrogen and oxygen atoms in total. The number of nitrogens with zero attached hydrogens (tertiary/aromatic N) is 2. The monoisotopic (exact) mass is 348 g/mol. The molecule has 0 fully saturated rings. The molecule has 0 saturated heterocycles. The lowest BCUT2D eigenvalue weighted by Gasteiger charge is -2.23. The molecule has 1 rings (SSSR count). The summed E-state index contributed by atoms with van der Waals surface area (Å²) in [5.74, 6) is -0.950. The molecule has 1 heterocycles. The Morgan fingerprint density at radius 1 is 1.24 bits per heavy atom. The van der Waals surface area contributed by atoms with Crippen molar-refractivity contribution in [2.45, 2.75) is 0 Å². The number of rotatable bonds is 11. The maximum absolute atomic E-state index is 12.9. The maximum Gasteiger partial charge on any atom is 0.256 e. The SMILES string of the molecule is COCCN(CCOC)C(=O)C(=CC(=O)NC[C]=O)c1ccccn1. The number of carbonyl (C=O) groups is 2. The van der Waals surface area contributed by atoms with Crippen molar-refractivity contribution in [2.75, 3.05) is 47.1 Å². The largest absolute Gasteiger partial charge is 0.383 e. The zero-order valence-corrected chi connectivity index (χ0v) is 14.4. The molecule has 8 heteroatoms. The van der Waals surface area contributed by atoms with Crippen molar-refractivity contribution in [2.24, 2.45) is 0 Å². The fraction of sp³-hybridized carbons (Fsp3) is 0.412. The highest BCUT2D eigenvalue weighted by atomic mass is 16.5. The first-order chi connectivity index (χ1) is 12.1. The smallest absolute Gasteiger partial charge is 0.256 e. The van der Waals surface area contributed by atoms with Gasteiger partial charge in [-0.1, -0.05) is 6.07 Å². The van der Waals surface area contributed by atoms with Gasteiger partial charge in [0.25, 0.3) is 5.91 Å². The lowest BCUT2D eigenvalue weighted by atomic mass is 10.1. The predicted octanol–water partition coefficient (Wildman–Crippen LogP) is -0.188. The van der Waals surface area contributed by atoms with Crippen LogP contribution in [0.1, 0.15) is 5.69 Å². The second kappa shape index (κ2) is 11.9. The summed E-state index contributed by atoms with van der Waals surface area (Å²) in [6.07, 6.45) is 4.23. The molecule has 0 spiro atoms. The highest BCUT2D eigenvalue weighted by molar-refractivity contribution is 6.23. The molecule has 1 N–H and O–H groups in total. The maximum atomic E-state index is 12.9. The molecular formula is C17H22N3O5. The molecule has 135 valence electrons. The lowest BCUT2D eigenvalue weighted by molar-refractivity contribution is -0.126. The average Bonchev–Trinajstić information content (AvgIpc) is 2.64. The summed E-state index contributed by atoms with van der Waals surface area (Å²) in [7, 11) is 3.08. The van der Waals surface area contributed by atoms with E-state index < -0.39 is 5.91 Å². The van der Waals surface area contributed by atoms with Gasteiger partial charge in [0, 0.05) is 39.6 Å². The molecular weight excluding hydrogens is 326 g/mol. The number of pyridine rings is 1. The van der Waals surface area contributed by atoms with Crippen molar-refractivity contribution in [3.05, 3.63) is 36.2 Å². The molecule has 0 aliphatic carbocycles. The van der Waals surface area contributed by atoms with E-state index in [2.05, 4.69) is 10.3 Å². The number of hydrogen-bond acceptors (Lipinski definition) is 6. The van der Waals surface area contributed by atoms with Gasteiger partial charge >= 0.3 is 0 Å². The van der Waals surface area contributed by atoms with E-state index in [0.29, 0.717) is 32.0 Å². The highest BCUT2D eigenvalue weighted by Gasteiger charge is 2.21. The Morgan fingerprint density at radius 2 is 1.92 bits per heavy atom. The Morgan fingerprint density at radius 3 is 2.44 bits per heavy atom. The summed E-state index contributed by atoms with van der Waals surface area (Å²) in [4.78, 5) is 40.8. The summed E-state index contributed by atoms with van der Waals surface area (Å²) < 4.78 is 10.1. The third-order valence-corrected chi connectivity index (χ3v) is 3.20. The quantitative estimate of drug-likeness (QED) is 0.557. The van der Waals surface area contributed by atoms with Crippen LogP contribution in [0.15, 0.2) is 30.5 Å². The van der Waals surface area contributed by atoms with Gasteiger partial charge in [0.1, 0.15) is 0 Å². The number of amides is 2. The van der Waals surface area contributed by atoms with Gasteiger partial charge in [-0.05, 0) is 12.1 Å². The van der Waals surface area contributed by atoms with Crippen molar-refractivity contribution in [3.63, 3.8) is 0 Å². The van der Waals surface area contributed by atoms with Gasteiger partial charge in [0.2, 0.25) is 12.2 Å². The summed E-state index contributed by atoms with van der Waals surface area (Å²) in [5, 5.41) is 2.33. The Bertz CT molecular complexity index is 581. The van der Waals surface area contributed by atoms with Gasteiger partial charge < -0.3 is 19.7 Å². The van der Waals surface area contributed by atoms with Crippen LogP contribution in [0.4, 0.5) is 0 Å². The molecule has 25 heavy (non-hydrogen) atoms. The number of nitrogens with one attached hydrogen (secondary N) is 1. The minimum atomic E-state index is -0.573. The molecule has 1 aromatic rings. The van der Waals surface area contributed by atoms with E-state index >= 15 is 0 Å². The van der Waals surface area contributed by atoms with Gasteiger partial charge in [0.05, 0.1) is 31.0 Å². The van der Waals surface area contributed by atoms with E-state index in [-0.39, 0.29) is 18.0 Å². The predicted molar refractivity (Wildman–Crippen MR) is 91.2 cm³/mol. The van der Waals surface area contributed by atoms with Crippen LogP contribution in [-0.4, -0.2) is 75.1 Å². The van der Waals surface area contributed by atoms with E-state index in [1.54, 1.807) is 24.5 Å². The van der Waals surface area contributed by atoms with E-state index in [4.69, 9.17) is 9.47 Å². The molecule has 0 aliphatic rings. The number of aromatic nitrogens is 1. The van der Waals surface area contributed by atoms with Crippen LogP contribution in [0.5, 0.6) is 0 Å². The van der Waals surface area contributed by atoms with Gasteiger partial charge in [-0.15, -0.1) is 0 Å². The fourth-order valence-electron chi connectivity index (χ4n) is 1.96. The minimum Gasteiger partial charge on any atom is -0.383 e. The molecule has 0 atom stereocenters. The topological polar surface area (TPSA) is 97.8 Å². The molecule has 1 radical (unpaired) electrons. The lowest BCUT2D eigenvalue weighted by Crippen LogP contribution is -2.37. The first-order valence-electron chi connectivity index (χ1n) is 7.67. The molecule has 2 amide bonds. The van der Waals surface area contributed by atoms with Crippen molar-refractivity contribution in [3.8, 4) is 0 Å². The summed E-state index contributed by atoms with van der Waals surface area (Å²) in [6, 6.07) is 5.06. The fourth-order valence-corrected chi connectivity index (χ4v) is 1.96. The second-order valence-corrected chi connectivity index (χ2v) is 4.91. The molecule has 0 saturated carbocycles. The molecule has 1 aromatic heterocycles. The highest BCUT2D eigenvalue weighted by Crippen LogP contribution is 2.15.